The number of rotatable bonds is 6. The Hall–Kier alpha value is -1.47. The fourth-order valence-electron chi connectivity index (χ4n) is 1.61. The molecular formula is C14H19NO2S. The van der Waals surface area contributed by atoms with Gasteiger partial charge in [-0.1, -0.05) is 19.8 Å². The molecule has 0 aliphatic rings. The third-order valence-corrected chi connectivity index (χ3v) is 4.57. The minimum atomic E-state index is -3.13. The second kappa shape index (κ2) is 6.46. The second-order valence-corrected chi connectivity index (χ2v) is 6.22. The number of nitrogens with one attached hydrogen (secondary N) is 1. The summed E-state index contributed by atoms with van der Waals surface area (Å²) >= 11 is 0. The highest BCUT2D eigenvalue weighted by Gasteiger charge is 2.12. The molecule has 0 fully saturated rings. The molecule has 0 saturated heterocycles. The lowest BCUT2D eigenvalue weighted by Crippen LogP contribution is -2.15. The Morgan fingerprint density at radius 2 is 1.89 bits per heavy atom. The van der Waals surface area contributed by atoms with Crippen LogP contribution in [0.25, 0.3) is 0 Å². The van der Waals surface area contributed by atoms with Gasteiger partial charge in [0.25, 0.3) is 0 Å². The molecule has 0 amide bonds. The van der Waals surface area contributed by atoms with E-state index < -0.39 is 9.84 Å². The van der Waals surface area contributed by atoms with Crippen molar-refractivity contribution in [2.75, 3.05) is 11.1 Å². The van der Waals surface area contributed by atoms with E-state index in [1.807, 2.05) is 13.8 Å². The third kappa shape index (κ3) is 3.78. The van der Waals surface area contributed by atoms with Crippen LogP contribution in [0.4, 0.5) is 5.69 Å². The zero-order valence-electron chi connectivity index (χ0n) is 10.8. The molecule has 1 N–H and O–H groups in total. The molecule has 0 aliphatic carbocycles. The summed E-state index contributed by atoms with van der Waals surface area (Å²) in [5.41, 5.74) is 0.843. The Labute approximate surface area is 110 Å². The zero-order valence-corrected chi connectivity index (χ0v) is 11.6. The van der Waals surface area contributed by atoms with Crippen molar-refractivity contribution < 1.29 is 8.42 Å². The van der Waals surface area contributed by atoms with Crippen LogP contribution in [0.2, 0.25) is 0 Å². The summed E-state index contributed by atoms with van der Waals surface area (Å²) in [5, 5.41) is 3.16. The first kappa shape index (κ1) is 14.6. The van der Waals surface area contributed by atoms with Crippen LogP contribution >= 0.6 is 0 Å². The zero-order chi connectivity index (χ0) is 13.6. The van der Waals surface area contributed by atoms with Crippen molar-refractivity contribution in [2.24, 2.45) is 0 Å². The van der Waals surface area contributed by atoms with Gasteiger partial charge in [0.2, 0.25) is 0 Å². The van der Waals surface area contributed by atoms with E-state index in [1.54, 1.807) is 24.3 Å². The monoisotopic (exact) mass is 265 g/mol. The van der Waals surface area contributed by atoms with Crippen LogP contribution in [-0.2, 0) is 9.84 Å². The number of terminal acetylenes is 1. The minimum Gasteiger partial charge on any atom is -0.372 e. The Morgan fingerprint density at radius 3 is 2.33 bits per heavy atom. The lowest BCUT2D eigenvalue weighted by molar-refractivity contribution is 0.595. The summed E-state index contributed by atoms with van der Waals surface area (Å²) in [6.07, 6.45) is 6.81. The average Bonchev–Trinajstić information content (AvgIpc) is 2.36. The predicted octanol–water partition coefficient (Wildman–Crippen LogP) is 2.69. The van der Waals surface area contributed by atoms with E-state index in [4.69, 9.17) is 6.42 Å². The molecule has 0 spiro atoms. The van der Waals surface area contributed by atoms with Crippen molar-refractivity contribution in [3.63, 3.8) is 0 Å². The van der Waals surface area contributed by atoms with Crippen LogP contribution < -0.4 is 5.32 Å². The molecule has 0 bridgehead atoms. The minimum absolute atomic E-state index is 0.0249. The van der Waals surface area contributed by atoms with Crippen molar-refractivity contribution in [1.29, 1.82) is 0 Å². The Balaban J connectivity index is 2.84. The summed E-state index contributed by atoms with van der Waals surface area (Å²) in [4.78, 5) is 0.364. The first-order chi connectivity index (χ1) is 8.53. The lowest BCUT2D eigenvalue weighted by atomic mass is 10.2. The van der Waals surface area contributed by atoms with E-state index >= 15 is 0 Å². The summed E-state index contributed by atoms with van der Waals surface area (Å²) in [6, 6.07) is 6.72. The molecule has 1 unspecified atom stereocenters. The molecule has 1 rings (SSSR count). The van der Waals surface area contributed by atoms with Crippen LogP contribution in [0.1, 0.15) is 26.7 Å². The van der Waals surface area contributed by atoms with Crippen LogP contribution in [-0.4, -0.2) is 20.2 Å². The molecule has 0 saturated carbocycles. The van der Waals surface area contributed by atoms with Crippen molar-refractivity contribution in [1.82, 2.24) is 0 Å². The van der Waals surface area contributed by atoms with Crippen molar-refractivity contribution in [3.05, 3.63) is 24.3 Å². The number of anilines is 1. The number of hydrogen-bond acceptors (Lipinski definition) is 3. The maximum Gasteiger partial charge on any atom is 0.178 e. The molecule has 3 nitrogen and oxygen atoms in total. The van der Waals surface area contributed by atoms with Crippen molar-refractivity contribution >= 4 is 15.5 Å². The van der Waals surface area contributed by atoms with Gasteiger partial charge >= 0.3 is 0 Å². The molecule has 0 heterocycles. The molecular weight excluding hydrogens is 246 g/mol. The van der Waals surface area contributed by atoms with Gasteiger partial charge < -0.3 is 5.32 Å². The number of sulfone groups is 1. The van der Waals surface area contributed by atoms with E-state index in [1.165, 1.54) is 0 Å². The third-order valence-electron chi connectivity index (χ3n) is 2.64. The van der Waals surface area contributed by atoms with E-state index in [9.17, 15) is 8.42 Å². The Bertz CT molecular complexity index is 512. The van der Waals surface area contributed by atoms with E-state index in [0.717, 1.165) is 12.1 Å². The van der Waals surface area contributed by atoms with Gasteiger partial charge in [-0.05, 0) is 37.1 Å². The molecule has 0 radical (unpaired) electrons. The van der Waals surface area contributed by atoms with Gasteiger partial charge in [-0.25, -0.2) is 8.42 Å². The Morgan fingerprint density at radius 1 is 1.28 bits per heavy atom. The highest BCUT2D eigenvalue weighted by atomic mass is 32.2. The highest BCUT2D eigenvalue weighted by Crippen LogP contribution is 2.17. The fourth-order valence-corrected chi connectivity index (χ4v) is 2.93. The topological polar surface area (TPSA) is 46.2 Å². The van der Waals surface area contributed by atoms with Gasteiger partial charge in [0.1, 0.15) is 0 Å². The lowest BCUT2D eigenvalue weighted by Gasteiger charge is -2.12. The van der Waals surface area contributed by atoms with Crippen LogP contribution in [0.3, 0.4) is 0 Å². The molecule has 18 heavy (non-hydrogen) atoms. The van der Waals surface area contributed by atoms with Gasteiger partial charge in [0, 0.05) is 5.69 Å². The summed E-state index contributed by atoms with van der Waals surface area (Å²) in [5.74, 6) is 2.82. The maximum atomic E-state index is 11.8. The molecule has 1 aromatic rings. The number of benzene rings is 1. The average molecular weight is 265 g/mol. The SMILES string of the molecule is C#CC(CC)Nc1ccc(S(=O)(=O)CCC)cc1. The summed E-state index contributed by atoms with van der Waals surface area (Å²) in [7, 11) is -3.13. The molecule has 98 valence electrons. The fraction of sp³-hybridized carbons (Fsp3) is 0.429. The van der Waals surface area contributed by atoms with Gasteiger partial charge in [0.05, 0.1) is 16.7 Å². The first-order valence-electron chi connectivity index (χ1n) is 6.09. The first-order valence-corrected chi connectivity index (χ1v) is 7.74. The van der Waals surface area contributed by atoms with Gasteiger partial charge in [0.15, 0.2) is 9.84 Å². The van der Waals surface area contributed by atoms with Crippen LogP contribution in [0.5, 0.6) is 0 Å². The largest absolute Gasteiger partial charge is 0.372 e. The molecule has 0 aliphatic heterocycles. The quantitative estimate of drug-likeness (QED) is 0.804. The predicted molar refractivity (Wildman–Crippen MR) is 75.3 cm³/mol. The Kier molecular flexibility index (Phi) is 5.24. The van der Waals surface area contributed by atoms with Crippen molar-refractivity contribution in [3.8, 4) is 12.3 Å². The molecule has 1 aromatic carbocycles. The molecule has 1 atom stereocenters. The number of hydrogen-bond donors (Lipinski definition) is 1. The highest BCUT2D eigenvalue weighted by molar-refractivity contribution is 7.91. The standard InChI is InChI=1S/C14H19NO2S/c1-4-11-18(16,17)14-9-7-13(8-10-14)15-12(5-2)6-3/h2,7-10,12,15H,4,6,11H2,1,3H3. The van der Waals surface area contributed by atoms with Gasteiger partial charge in [-0.15, -0.1) is 6.42 Å². The van der Waals surface area contributed by atoms with Crippen molar-refractivity contribution in [2.45, 2.75) is 37.6 Å². The van der Waals surface area contributed by atoms with E-state index in [2.05, 4.69) is 11.2 Å². The molecule has 4 heteroatoms. The summed E-state index contributed by atoms with van der Waals surface area (Å²) < 4.78 is 23.7. The van der Waals surface area contributed by atoms with Gasteiger partial charge in [-0.3, -0.25) is 0 Å². The van der Waals surface area contributed by atoms with E-state index in [-0.39, 0.29) is 11.8 Å². The normalized spacial score (nSPS) is 12.7. The summed E-state index contributed by atoms with van der Waals surface area (Å²) in [6.45, 7) is 3.85. The second-order valence-electron chi connectivity index (χ2n) is 4.12. The van der Waals surface area contributed by atoms with Crippen LogP contribution in [0, 0.1) is 12.3 Å². The smallest absolute Gasteiger partial charge is 0.178 e. The van der Waals surface area contributed by atoms with E-state index in [0.29, 0.717) is 11.3 Å². The molecule has 0 aromatic heterocycles. The van der Waals surface area contributed by atoms with Gasteiger partial charge in [-0.2, -0.15) is 0 Å². The maximum absolute atomic E-state index is 11.8. The van der Waals surface area contributed by atoms with Crippen LogP contribution in [0.15, 0.2) is 29.2 Å².